The minimum Gasteiger partial charge on any atom is -0.469 e. The Morgan fingerprint density at radius 1 is 1.12 bits per heavy atom. The summed E-state index contributed by atoms with van der Waals surface area (Å²) in [6.07, 6.45) is 0.144. The molecular weight excluding hydrogens is 304 g/mol. The van der Waals surface area contributed by atoms with E-state index in [-0.39, 0.29) is 24.8 Å². The second-order valence-electron chi connectivity index (χ2n) is 5.40. The second kappa shape index (κ2) is 8.15. The first-order valence-corrected chi connectivity index (χ1v) is 7.79. The summed E-state index contributed by atoms with van der Waals surface area (Å²) >= 11 is 0. The zero-order chi connectivity index (χ0) is 17.5. The summed E-state index contributed by atoms with van der Waals surface area (Å²) in [4.78, 5) is 26.0. The smallest absolute Gasteiger partial charge is 0.307 e. The number of anilines is 2. The Labute approximate surface area is 142 Å². The average molecular weight is 326 g/mol. The molecule has 0 radical (unpaired) electrons. The highest BCUT2D eigenvalue weighted by Gasteiger charge is 2.19. The molecule has 0 heterocycles. The van der Waals surface area contributed by atoms with Crippen LogP contribution < -0.4 is 10.2 Å². The van der Waals surface area contributed by atoms with Gasteiger partial charge in [-0.1, -0.05) is 18.2 Å². The molecule has 0 unspecified atom stereocenters. The van der Waals surface area contributed by atoms with E-state index in [1.165, 1.54) is 7.11 Å². The van der Waals surface area contributed by atoms with E-state index in [1.54, 1.807) is 11.0 Å². The van der Waals surface area contributed by atoms with Gasteiger partial charge in [0.05, 0.1) is 13.5 Å². The second-order valence-corrected chi connectivity index (χ2v) is 5.40. The van der Waals surface area contributed by atoms with Crippen LogP contribution in [0.5, 0.6) is 0 Å². The molecule has 0 aliphatic carbocycles. The van der Waals surface area contributed by atoms with Gasteiger partial charge in [0, 0.05) is 30.5 Å². The summed E-state index contributed by atoms with van der Waals surface area (Å²) in [5.41, 5.74) is 3.30. The Morgan fingerprint density at radius 3 is 2.42 bits per heavy atom. The molecule has 5 heteroatoms. The van der Waals surface area contributed by atoms with Crippen molar-refractivity contribution >= 4 is 23.3 Å². The van der Waals surface area contributed by atoms with Crippen molar-refractivity contribution in [1.82, 2.24) is 0 Å². The normalized spacial score (nSPS) is 10.1. The maximum atomic E-state index is 13.0. The van der Waals surface area contributed by atoms with Gasteiger partial charge >= 0.3 is 5.97 Å². The van der Waals surface area contributed by atoms with Gasteiger partial charge in [0.1, 0.15) is 0 Å². The summed E-state index contributed by atoms with van der Waals surface area (Å²) in [6, 6.07) is 14.8. The number of hydrogen-bond acceptors (Lipinski definition) is 4. The molecule has 0 aliphatic heterocycles. The van der Waals surface area contributed by atoms with Gasteiger partial charge in [-0.3, -0.25) is 9.59 Å². The van der Waals surface area contributed by atoms with Gasteiger partial charge in [-0.25, -0.2) is 0 Å². The molecule has 1 N–H and O–H groups in total. The monoisotopic (exact) mass is 326 g/mol. The average Bonchev–Trinajstić information content (AvgIpc) is 2.62. The Balaban J connectivity index is 2.30. The Bertz CT molecular complexity index is 714. The quantitative estimate of drug-likeness (QED) is 0.828. The van der Waals surface area contributed by atoms with E-state index in [1.807, 2.05) is 56.4 Å². The minimum absolute atomic E-state index is 0.143. The van der Waals surface area contributed by atoms with Gasteiger partial charge in [-0.15, -0.1) is 0 Å². The van der Waals surface area contributed by atoms with Gasteiger partial charge in [0.15, 0.2) is 0 Å². The van der Waals surface area contributed by atoms with Crippen LogP contribution in [0, 0.1) is 6.92 Å². The molecule has 126 valence electrons. The molecule has 2 rings (SSSR count). The van der Waals surface area contributed by atoms with Crippen molar-refractivity contribution < 1.29 is 14.3 Å². The standard InChI is InChI=1S/C19H22N2O3/c1-14-13-15(9-10-17(14)20-2)19(23)21(12-11-18(22)24-3)16-7-5-4-6-8-16/h4-10,13,20H,11-12H2,1-3H3. The number of ether oxygens (including phenoxy) is 1. The van der Waals surface area contributed by atoms with E-state index < -0.39 is 0 Å². The van der Waals surface area contributed by atoms with Crippen LogP contribution in [0.1, 0.15) is 22.3 Å². The van der Waals surface area contributed by atoms with Crippen molar-refractivity contribution in [3.05, 3.63) is 59.7 Å². The lowest BCUT2D eigenvalue weighted by molar-refractivity contribution is -0.140. The number of aryl methyl sites for hydroxylation is 1. The van der Waals surface area contributed by atoms with E-state index in [0.717, 1.165) is 16.9 Å². The highest BCUT2D eigenvalue weighted by Crippen LogP contribution is 2.21. The highest BCUT2D eigenvalue weighted by molar-refractivity contribution is 6.06. The molecule has 1 amide bonds. The van der Waals surface area contributed by atoms with Crippen molar-refractivity contribution in [3.63, 3.8) is 0 Å². The summed E-state index contributed by atoms with van der Waals surface area (Å²) in [5.74, 6) is -0.485. The Morgan fingerprint density at radius 2 is 1.83 bits per heavy atom. The highest BCUT2D eigenvalue weighted by atomic mass is 16.5. The van der Waals surface area contributed by atoms with E-state index in [4.69, 9.17) is 0 Å². The summed E-state index contributed by atoms with van der Waals surface area (Å²) in [6.45, 7) is 2.21. The third-order valence-corrected chi connectivity index (χ3v) is 3.82. The maximum Gasteiger partial charge on any atom is 0.307 e. The predicted molar refractivity (Wildman–Crippen MR) is 95.5 cm³/mol. The summed E-state index contributed by atoms with van der Waals surface area (Å²) < 4.78 is 4.69. The number of carbonyl (C=O) groups is 2. The topological polar surface area (TPSA) is 58.6 Å². The van der Waals surface area contributed by atoms with Crippen molar-refractivity contribution in [2.45, 2.75) is 13.3 Å². The third kappa shape index (κ3) is 4.13. The van der Waals surface area contributed by atoms with E-state index in [2.05, 4.69) is 10.1 Å². The number of para-hydroxylation sites is 1. The van der Waals surface area contributed by atoms with Gasteiger partial charge in [-0.2, -0.15) is 0 Å². The predicted octanol–water partition coefficient (Wildman–Crippen LogP) is 3.25. The number of amides is 1. The van der Waals surface area contributed by atoms with E-state index in [0.29, 0.717) is 5.56 Å². The molecule has 0 atom stereocenters. The molecule has 0 aliphatic rings. The van der Waals surface area contributed by atoms with Crippen LogP contribution in [0.15, 0.2) is 48.5 Å². The van der Waals surface area contributed by atoms with Crippen molar-refractivity contribution in [1.29, 1.82) is 0 Å². The number of methoxy groups -OCH3 is 1. The first-order chi connectivity index (χ1) is 11.6. The van der Waals surface area contributed by atoms with E-state index in [9.17, 15) is 9.59 Å². The SMILES string of the molecule is CNc1ccc(C(=O)N(CCC(=O)OC)c2ccccc2)cc1C. The number of rotatable bonds is 6. The van der Waals surface area contributed by atoms with Crippen LogP contribution in [0.2, 0.25) is 0 Å². The number of esters is 1. The lowest BCUT2D eigenvalue weighted by Crippen LogP contribution is -2.33. The number of nitrogens with zero attached hydrogens (tertiary/aromatic N) is 1. The largest absolute Gasteiger partial charge is 0.469 e. The molecule has 2 aromatic rings. The molecule has 24 heavy (non-hydrogen) atoms. The molecular formula is C19H22N2O3. The molecule has 0 saturated heterocycles. The summed E-state index contributed by atoms with van der Waals surface area (Å²) in [5, 5.41) is 3.08. The Hall–Kier alpha value is -2.82. The van der Waals surface area contributed by atoms with Gasteiger partial charge in [-0.05, 0) is 42.8 Å². The number of benzene rings is 2. The molecule has 2 aromatic carbocycles. The molecule has 0 fully saturated rings. The number of nitrogens with one attached hydrogen (secondary N) is 1. The van der Waals surface area contributed by atoms with Gasteiger partial charge < -0.3 is 15.0 Å². The van der Waals surface area contributed by atoms with Crippen molar-refractivity contribution in [2.75, 3.05) is 30.9 Å². The fourth-order valence-electron chi connectivity index (χ4n) is 2.49. The molecule has 0 bridgehead atoms. The zero-order valence-electron chi connectivity index (χ0n) is 14.2. The van der Waals surface area contributed by atoms with Crippen LogP contribution in [0.4, 0.5) is 11.4 Å². The molecule has 0 saturated carbocycles. The van der Waals surface area contributed by atoms with Crippen LogP contribution in [0.3, 0.4) is 0 Å². The number of carbonyl (C=O) groups excluding carboxylic acids is 2. The van der Waals surface area contributed by atoms with Gasteiger partial charge in [0.25, 0.3) is 5.91 Å². The van der Waals surface area contributed by atoms with Crippen LogP contribution in [0.25, 0.3) is 0 Å². The third-order valence-electron chi connectivity index (χ3n) is 3.82. The van der Waals surface area contributed by atoms with Crippen molar-refractivity contribution in [3.8, 4) is 0 Å². The van der Waals surface area contributed by atoms with Gasteiger partial charge in [0.2, 0.25) is 0 Å². The fraction of sp³-hybridized carbons (Fsp3) is 0.263. The first-order valence-electron chi connectivity index (χ1n) is 7.79. The zero-order valence-corrected chi connectivity index (χ0v) is 14.2. The van der Waals surface area contributed by atoms with Crippen LogP contribution in [-0.4, -0.2) is 32.6 Å². The van der Waals surface area contributed by atoms with Crippen molar-refractivity contribution in [2.24, 2.45) is 0 Å². The van der Waals surface area contributed by atoms with Crippen LogP contribution >= 0.6 is 0 Å². The lowest BCUT2D eigenvalue weighted by Gasteiger charge is -2.23. The molecule has 0 spiro atoms. The lowest BCUT2D eigenvalue weighted by atomic mass is 10.1. The number of hydrogen-bond donors (Lipinski definition) is 1. The van der Waals surface area contributed by atoms with E-state index >= 15 is 0 Å². The fourth-order valence-corrected chi connectivity index (χ4v) is 2.49. The Kier molecular flexibility index (Phi) is 5.95. The molecule has 5 nitrogen and oxygen atoms in total. The molecule has 0 aromatic heterocycles. The summed E-state index contributed by atoms with van der Waals surface area (Å²) in [7, 11) is 3.19. The first kappa shape index (κ1) is 17.5. The van der Waals surface area contributed by atoms with Crippen LogP contribution in [-0.2, 0) is 9.53 Å². The minimum atomic E-state index is -0.342. The maximum absolute atomic E-state index is 13.0.